The van der Waals surface area contributed by atoms with E-state index in [0.29, 0.717) is 6.42 Å². The van der Waals surface area contributed by atoms with Crippen molar-refractivity contribution in [2.24, 2.45) is 0 Å². The molecule has 0 atom stereocenters. The van der Waals surface area contributed by atoms with Crippen molar-refractivity contribution >= 4 is 16.8 Å². The Morgan fingerprint density at radius 2 is 1.89 bits per heavy atom. The van der Waals surface area contributed by atoms with Crippen molar-refractivity contribution in [1.29, 1.82) is 0 Å². The van der Waals surface area contributed by atoms with Crippen LogP contribution in [0.3, 0.4) is 0 Å². The molecule has 0 spiro atoms. The molecule has 0 saturated carbocycles. The lowest BCUT2D eigenvalue weighted by Gasteiger charge is -2.49. The van der Waals surface area contributed by atoms with Crippen LogP contribution in [0, 0.1) is 5.82 Å². The summed E-state index contributed by atoms with van der Waals surface area (Å²) in [5, 5.41) is 4.64. The molecule has 2 heterocycles. The molecule has 1 fully saturated rings. The van der Waals surface area contributed by atoms with Gasteiger partial charge in [-0.05, 0) is 70.7 Å². The van der Waals surface area contributed by atoms with Gasteiger partial charge in [-0.2, -0.15) is 0 Å². The summed E-state index contributed by atoms with van der Waals surface area (Å²) in [5.74, 6) is -0.104. The molecule has 154 valence electrons. The number of rotatable bonds is 6. The van der Waals surface area contributed by atoms with Gasteiger partial charge in [-0.1, -0.05) is 13.3 Å². The lowest BCUT2D eigenvalue weighted by Crippen LogP contribution is -2.63. The number of nitrogens with zero attached hydrogens (tertiary/aromatic N) is 1. The fourth-order valence-electron chi connectivity index (χ4n) is 4.90. The van der Waals surface area contributed by atoms with Crippen LogP contribution in [-0.4, -0.2) is 39.5 Å². The number of nitrogens with one attached hydrogen (secondary N) is 2. The Hall–Kier alpha value is -1.88. The lowest BCUT2D eigenvalue weighted by atomic mass is 9.79. The molecule has 28 heavy (non-hydrogen) atoms. The molecule has 2 aromatic rings. The second kappa shape index (κ2) is 7.86. The van der Waals surface area contributed by atoms with Gasteiger partial charge in [-0.25, -0.2) is 4.39 Å². The highest BCUT2D eigenvalue weighted by Gasteiger charge is 2.41. The highest BCUT2D eigenvalue weighted by atomic mass is 19.1. The van der Waals surface area contributed by atoms with Crippen molar-refractivity contribution < 1.29 is 9.18 Å². The molecular weight excluding hydrogens is 353 g/mol. The van der Waals surface area contributed by atoms with Crippen LogP contribution in [-0.2, 0) is 11.2 Å². The number of halogens is 1. The summed E-state index contributed by atoms with van der Waals surface area (Å²) < 4.78 is 13.5. The molecule has 3 rings (SSSR count). The van der Waals surface area contributed by atoms with Crippen LogP contribution >= 0.6 is 0 Å². The Labute approximate surface area is 167 Å². The van der Waals surface area contributed by atoms with Crippen LogP contribution < -0.4 is 5.32 Å². The first-order valence-electron chi connectivity index (χ1n) is 10.4. The Bertz CT molecular complexity index is 823. The van der Waals surface area contributed by atoms with Crippen LogP contribution in [0.4, 0.5) is 4.39 Å². The predicted molar refractivity (Wildman–Crippen MR) is 113 cm³/mol. The highest BCUT2D eigenvalue weighted by Crippen LogP contribution is 2.32. The van der Waals surface area contributed by atoms with Crippen LogP contribution in [0.25, 0.3) is 10.9 Å². The Balaban J connectivity index is 1.83. The van der Waals surface area contributed by atoms with E-state index in [1.54, 1.807) is 6.07 Å². The normalized spacial score (nSPS) is 19.1. The number of H-pyrrole nitrogens is 1. The van der Waals surface area contributed by atoms with Crippen molar-refractivity contribution in [3.05, 3.63) is 35.8 Å². The van der Waals surface area contributed by atoms with Crippen molar-refractivity contribution in [2.45, 2.75) is 83.8 Å². The molecule has 1 saturated heterocycles. The number of fused-ring (bicyclic) bond motifs is 1. The van der Waals surface area contributed by atoms with Gasteiger partial charge in [0.1, 0.15) is 5.82 Å². The Kier molecular flexibility index (Phi) is 5.85. The van der Waals surface area contributed by atoms with E-state index in [-0.39, 0.29) is 28.8 Å². The molecule has 1 aromatic heterocycles. The van der Waals surface area contributed by atoms with Gasteiger partial charge >= 0.3 is 0 Å². The van der Waals surface area contributed by atoms with E-state index in [1.165, 1.54) is 12.1 Å². The molecule has 1 amide bonds. The van der Waals surface area contributed by atoms with Gasteiger partial charge in [0, 0.05) is 40.8 Å². The topological polar surface area (TPSA) is 48.1 Å². The third kappa shape index (κ3) is 4.75. The second-order valence-electron chi connectivity index (χ2n) is 9.58. The standard InChI is InChI=1S/C23H34FN3O/c1-6-7-10-27(18-13-22(2,3)26-23(4,5)14-18)21(28)11-16-15-25-20-12-17(24)8-9-19(16)20/h8-9,12,15,18,25-26H,6-7,10-11,13-14H2,1-5H3. The lowest BCUT2D eigenvalue weighted by molar-refractivity contribution is -0.134. The van der Waals surface area contributed by atoms with Gasteiger partial charge in [0.05, 0.1) is 6.42 Å². The van der Waals surface area contributed by atoms with Crippen molar-refractivity contribution in [2.75, 3.05) is 6.54 Å². The highest BCUT2D eigenvalue weighted by molar-refractivity contribution is 5.89. The van der Waals surface area contributed by atoms with Crippen LogP contribution in [0.2, 0.25) is 0 Å². The first kappa shape index (κ1) is 20.8. The third-order valence-electron chi connectivity index (χ3n) is 5.75. The molecule has 1 aliphatic heterocycles. The predicted octanol–water partition coefficient (Wildman–Crippen LogP) is 4.79. The van der Waals surface area contributed by atoms with Gasteiger partial charge in [0.25, 0.3) is 0 Å². The Morgan fingerprint density at radius 1 is 1.21 bits per heavy atom. The average molecular weight is 388 g/mol. The summed E-state index contributed by atoms with van der Waals surface area (Å²) in [6, 6.07) is 4.93. The summed E-state index contributed by atoms with van der Waals surface area (Å²) in [5.41, 5.74) is 1.67. The molecule has 0 bridgehead atoms. The van der Waals surface area contributed by atoms with E-state index in [0.717, 1.165) is 48.7 Å². The first-order chi connectivity index (χ1) is 13.1. The van der Waals surface area contributed by atoms with Crippen LogP contribution in [0.15, 0.2) is 24.4 Å². The number of benzene rings is 1. The molecule has 0 radical (unpaired) electrons. The maximum absolute atomic E-state index is 13.5. The van der Waals surface area contributed by atoms with Gasteiger partial charge < -0.3 is 15.2 Å². The van der Waals surface area contributed by atoms with E-state index in [9.17, 15) is 9.18 Å². The van der Waals surface area contributed by atoms with E-state index in [2.05, 4.69) is 49.8 Å². The molecule has 4 nitrogen and oxygen atoms in total. The van der Waals surface area contributed by atoms with E-state index >= 15 is 0 Å². The number of amides is 1. The van der Waals surface area contributed by atoms with Crippen LogP contribution in [0.5, 0.6) is 0 Å². The zero-order valence-corrected chi connectivity index (χ0v) is 17.9. The summed E-state index contributed by atoms with van der Waals surface area (Å²) in [6.45, 7) is 11.8. The maximum Gasteiger partial charge on any atom is 0.227 e. The molecule has 1 aromatic carbocycles. The smallest absolute Gasteiger partial charge is 0.227 e. The van der Waals surface area contributed by atoms with Crippen molar-refractivity contribution in [3.8, 4) is 0 Å². The first-order valence-corrected chi connectivity index (χ1v) is 10.4. The van der Waals surface area contributed by atoms with Gasteiger partial charge in [-0.3, -0.25) is 4.79 Å². The van der Waals surface area contributed by atoms with Gasteiger partial charge in [0.2, 0.25) is 5.91 Å². The third-order valence-corrected chi connectivity index (χ3v) is 5.75. The fourth-order valence-corrected chi connectivity index (χ4v) is 4.90. The molecule has 0 unspecified atom stereocenters. The van der Waals surface area contributed by atoms with Gasteiger partial charge in [-0.15, -0.1) is 0 Å². The molecule has 0 aliphatic carbocycles. The number of piperidine rings is 1. The summed E-state index contributed by atoms with van der Waals surface area (Å²) in [4.78, 5) is 18.6. The van der Waals surface area contributed by atoms with Crippen LogP contribution in [0.1, 0.15) is 65.9 Å². The van der Waals surface area contributed by atoms with Crippen molar-refractivity contribution in [3.63, 3.8) is 0 Å². The van der Waals surface area contributed by atoms with E-state index < -0.39 is 0 Å². The fraction of sp³-hybridized carbons (Fsp3) is 0.609. The molecule has 5 heteroatoms. The number of unbranched alkanes of at least 4 members (excludes halogenated alkanes) is 1. The number of carbonyl (C=O) groups is 1. The molecule has 2 N–H and O–H groups in total. The second-order valence-corrected chi connectivity index (χ2v) is 9.58. The van der Waals surface area contributed by atoms with E-state index in [1.807, 2.05) is 6.20 Å². The zero-order valence-electron chi connectivity index (χ0n) is 17.9. The summed E-state index contributed by atoms with van der Waals surface area (Å²) in [6.07, 6.45) is 6.16. The monoisotopic (exact) mass is 387 g/mol. The quantitative estimate of drug-likeness (QED) is 0.749. The SMILES string of the molecule is CCCCN(C(=O)Cc1c[nH]c2cc(F)ccc12)C1CC(C)(C)NC(C)(C)C1. The summed E-state index contributed by atoms with van der Waals surface area (Å²) in [7, 11) is 0. The largest absolute Gasteiger partial charge is 0.361 e. The average Bonchev–Trinajstić information content (AvgIpc) is 2.94. The number of hydrogen-bond acceptors (Lipinski definition) is 2. The number of aromatic nitrogens is 1. The number of hydrogen-bond donors (Lipinski definition) is 2. The zero-order chi connectivity index (χ0) is 20.5. The number of aromatic amines is 1. The summed E-state index contributed by atoms with van der Waals surface area (Å²) >= 11 is 0. The van der Waals surface area contributed by atoms with Crippen molar-refractivity contribution in [1.82, 2.24) is 15.2 Å². The Morgan fingerprint density at radius 3 is 2.54 bits per heavy atom. The number of carbonyl (C=O) groups excluding carboxylic acids is 1. The molecule has 1 aliphatic rings. The van der Waals surface area contributed by atoms with Gasteiger partial charge in [0.15, 0.2) is 0 Å². The van der Waals surface area contributed by atoms with E-state index in [4.69, 9.17) is 0 Å². The minimum Gasteiger partial charge on any atom is -0.361 e. The molecular formula is C23H34FN3O. The maximum atomic E-state index is 13.5. The minimum absolute atomic E-state index is 0.00449. The minimum atomic E-state index is -0.268.